The molecule has 0 aliphatic heterocycles. The summed E-state index contributed by atoms with van der Waals surface area (Å²) in [6.45, 7) is 1.34. The lowest BCUT2D eigenvalue weighted by Gasteiger charge is -2.11. The Morgan fingerprint density at radius 2 is 1.72 bits per heavy atom. The number of nitrogens with two attached hydrogens (primary N) is 1. The van der Waals surface area contributed by atoms with Gasteiger partial charge in [-0.1, -0.05) is 24.3 Å². The van der Waals surface area contributed by atoms with Crippen molar-refractivity contribution in [2.75, 3.05) is 27.2 Å². The van der Waals surface area contributed by atoms with Crippen molar-refractivity contribution in [3.8, 4) is 22.5 Å². The minimum atomic E-state index is -0.489. The molecule has 4 aromatic rings. The third-order valence-electron chi connectivity index (χ3n) is 5.07. The molecule has 0 aliphatic carbocycles. The highest BCUT2D eigenvalue weighted by molar-refractivity contribution is 5.95. The van der Waals surface area contributed by atoms with Gasteiger partial charge in [0, 0.05) is 35.3 Å². The molecular weight excluding hydrogens is 404 g/mol. The predicted octanol–water partition coefficient (Wildman–Crippen LogP) is 2.45. The second-order valence-corrected chi connectivity index (χ2v) is 7.72. The maximum atomic E-state index is 12.5. The number of fused-ring (bicyclic) bond motifs is 1. The summed E-state index contributed by atoms with van der Waals surface area (Å²) in [7, 11) is 3.92. The second-order valence-electron chi connectivity index (χ2n) is 7.72. The van der Waals surface area contributed by atoms with Gasteiger partial charge in [-0.3, -0.25) is 9.59 Å². The average molecular weight is 428 g/mol. The fourth-order valence-electron chi connectivity index (χ4n) is 3.37. The molecule has 2 heterocycles. The first-order valence-corrected chi connectivity index (χ1v) is 10.2. The second kappa shape index (κ2) is 8.99. The fraction of sp³-hybridized carbons (Fsp3) is 0.167. The van der Waals surface area contributed by atoms with Crippen LogP contribution in [-0.4, -0.2) is 58.5 Å². The third kappa shape index (κ3) is 4.50. The summed E-state index contributed by atoms with van der Waals surface area (Å²) in [5.41, 5.74) is 10.1. The zero-order valence-corrected chi connectivity index (χ0v) is 17.9. The number of hydrogen-bond donors (Lipinski definition) is 2. The topological polar surface area (TPSA) is 106 Å². The molecule has 0 saturated carbocycles. The van der Waals surface area contributed by atoms with E-state index in [4.69, 9.17) is 10.8 Å². The molecule has 0 saturated heterocycles. The Morgan fingerprint density at radius 1 is 1.00 bits per heavy atom. The molecule has 2 aromatic heterocycles. The largest absolute Gasteiger partial charge is 0.366 e. The number of nitrogens with one attached hydrogen (secondary N) is 1. The van der Waals surface area contributed by atoms with E-state index in [-0.39, 0.29) is 5.91 Å². The Balaban J connectivity index is 1.67. The van der Waals surface area contributed by atoms with Gasteiger partial charge in [0.2, 0.25) is 5.91 Å². The predicted molar refractivity (Wildman–Crippen MR) is 123 cm³/mol. The van der Waals surface area contributed by atoms with Gasteiger partial charge < -0.3 is 16.0 Å². The first-order valence-electron chi connectivity index (χ1n) is 10.2. The van der Waals surface area contributed by atoms with Crippen molar-refractivity contribution in [1.29, 1.82) is 0 Å². The Bertz CT molecular complexity index is 1290. The Labute approximate surface area is 185 Å². The molecule has 0 spiro atoms. The third-order valence-corrected chi connectivity index (χ3v) is 5.07. The van der Waals surface area contributed by atoms with Gasteiger partial charge in [0.05, 0.1) is 17.6 Å². The van der Waals surface area contributed by atoms with Crippen molar-refractivity contribution in [1.82, 2.24) is 24.8 Å². The molecule has 32 heavy (non-hydrogen) atoms. The van der Waals surface area contributed by atoms with E-state index in [0.717, 1.165) is 23.4 Å². The van der Waals surface area contributed by atoms with Gasteiger partial charge in [0.15, 0.2) is 5.65 Å². The van der Waals surface area contributed by atoms with E-state index in [2.05, 4.69) is 10.3 Å². The molecule has 8 heteroatoms. The van der Waals surface area contributed by atoms with Crippen molar-refractivity contribution >= 4 is 17.5 Å². The molecule has 0 fully saturated rings. The number of rotatable bonds is 7. The molecule has 2 amide bonds. The average Bonchev–Trinajstić information content (AvgIpc) is 3.22. The van der Waals surface area contributed by atoms with E-state index in [9.17, 15) is 9.59 Å². The van der Waals surface area contributed by atoms with Gasteiger partial charge in [-0.15, -0.1) is 0 Å². The molecule has 162 valence electrons. The standard InChI is InChI=1S/C24H24N6O2/c1-29(2)12-11-26-24(32)19-8-4-6-17(14-19)21-15-27-22-10-9-20(28-30(21)22)16-5-3-7-18(13-16)23(25)31/h3-10,13-15H,11-12H2,1-2H3,(H2,25,31)(H,26,32). The summed E-state index contributed by atoms with van der Waals surface area (Å²) in [5, 5.41) is 7.65. The van der Waals surface area contributed by atoms with Crippen molar-refractivity contribution in [3.05, 3.63) is 78.0 Å². The number of benzene rings is 2. The number of carbonyl (C=O) groups excluding carboxylic acids is 2. The van der Waals surface area contributed by atoms with Crippen molar-refractivity contribution in [3.63, 3.8) is 0 Å². The zero-order valence-electron chi connectivity index (χ0n) is 17.9. The quantitative estimate of drug-likeness (QED) is 0.470. The van der Waals surface area contributed by atoms with Crippen LogP contribution in [-0.2, 0) is 0 Å². The van der Waals surface area contributed by atoms with Gasteiger partial charge in [-0.2, -0.15) is 5.10 Å². The number of aromatic nitrogens is 3. The van der Waals surface area contributed by atoms with Crippen LogP contribution in [0.4, 0.5) is 0 Å². The van der Waals surface area contributed by atoms with Crippen LogP contribution in [0.2, 0.25) is 0 Å². The number of primary amides is 1. The van der Waals surface area contributed by atoms with Gasteiger partial charge in [-0.25, -0.2) is 9.50 Å². The molecule has 0 radical (unpaired) electrons. The van der Waals surface area contributed by atoms with E-state index in [0.29, 0.717) is 29.0 Å². The molecule has 0 atom stereocenters. The molecule has 3 N–H and O–H groups in total. The van der Waals surface area contributed by atoms with Gasteiger partial charge in [0.1, 0.15) is 0 Å². The summed E-state index contributed by atoms with van der Waals surface area (Å²) >= 11 is 0. The highest BCUT2D eigenvalue weighted by atomic mass is 16.2. The Kier molecular flexibility index (Phi) is 5.96. The minimum absolute atomic E-state index is 0.126. The van der Waals surface area contributed by atoms with Crippen molar-refractivity contribution < 1.29 is 9.59 Å². The number of carbonyl (C=O) groups is 2. The summed E-state index contributed by atoms with van der Waals surface area (Å²) in [5.74, 6) is -0.614. The van der Waals surface area contributed by atoms with E-state index >= 15 is 0 Å². The highest BCUT2D eigenvalue weighted by Crippen LogP contribution is 2.24. The number of hydrogen-bond acceptors (Lipinski definition) is 5. The number of likely N-dealkylation sites (N-methyl/N-ethyl adjacent to an activating group) is 1. The molecular formula is C24H24N6O2. The van der Waals surface area contributed by atoms with Gasteiger partial charge in [0.25, 0.3) is 5.91 Å². The van der Waals surface area contributed by atoms with E-state index in [1.54, 1.807) is 35.0 Å². The molecule has 4 rings (SSSR count). The Hall–Kier alpha value is -4.04. The summed E-state index contributed by atoms with van der Waals surface area (Å²) in [6.07, 6.45) is 1.73. The SMILES string of the molecule is CN(C)CCNC(=O)c1cccc(-c2cnc3ccc(-c4cccc(C(N)=O)c4)nn23)c1. The van der Waals surface area contributed by atoms with Crippen LogP contribution in [0, 0.1) is 0 Å². The normalized spacial score (nSPS) is 11.1. The maximum absolute atomic E-state index is 12.5. The first-order chi connectivity index (χ1) is 15.4. The van der Waals surface area contributed by atoms with Crippen LogP contribution in [0.1, 0.15) is 20.7 Å². The molecule has 2 aromatic carbocycles. The minimum Gasteiger partial charge on any atom is -0.366 e. The highest BCUT2D eigenvalue weighted by Gasteiger charge is 2.12. The Morgan fingerprint density at radius 3 is 2.47 bits per heavy atom. The van der Waals surface area contributed by atoms with Crippen molar-refractivity contribution in [2.45, 2.75) is 0 Å². The zero-order chi connectivity index (χ0) is 22.7. The lowest BCUT2D eigenvalue weighted by atomic mass is 10.1. The molecule has 0 aliphatic rings. The van der Waals surface area contributed by atoms with Crippen LogP contribution in [0.3, 0.4) is 0 Å². The number of amides is 2. The lowest BCUT2D eigenvalue weighted by Crippen LogP contribution is -2.31. The van der Waals surface area contributed by atoms with E-state index in [1.807, 2.05) is 55.4 Å². The molecule has 0 bridgehead atoms. The van der Waals surface area contributed by atoms with Gasteiger partial charge >= 0.3 is 0 Å². The maximum Gasteiger partial charge on any atom is 0.251 e. The van der Waals surface area contributed by atoms with E-state index in [1.165, 1.54) is 0 Å². The lowest BCUT2D eigenvalue weighted by molar-refractivity contribution is 0.0949. The fourth-order valence-corrected chi connectivity index (χ4v) is 3.37. The number of imidazole rings is 1. The summed E-state index contributed by atoms with van der Waals surface area (Å²) in [4.78, 5) is 30.5. The first kappa shape index (κ1) is 21.2. The summed E-state index contributed by atoms with van der Waals surface area (Å²) < 4.78 is 1.73. The molecule has 8 nitrogen and oxygen atoms in total. The van der Waals surface area contributed by atoms with Crippen LogP contribution in [0.5, 0.6) is 0 Å². The van der Waals surface area contributed by atoms with Crippen LogP contribution in [0.25, 0.3) is 28.2 Å². The van der Waals surface area contributed by atoms with Gasteiger partial charge in [-0.05, 0) is 50.5 Å². The smallest absolute Gasteiger partial charge is 0.251 e. The van der Waals surface area contributed by atoms with Crippen LogP contribution in [0.15, 0.2) is 66.9 Å². The monoisotopic (exact) mass is 428 g/mol. The van der Waals surface area contributed by atoms with Crippen LogP contribution >= 0.6 is 0 Å². The van der Waals surface area contributed by atoms with Crippen LogP contribution < -0.4 is 11.1 Å². The summed E-state index contributed by atoms with van der Waals surface area (Å²) in [6, 6.07) is 18.1. The number of nitrogens with zero attached hydrogens (tertiary/aromatic N) is 4. The molecule has 0 unspecified atom stereocenters. The van der Waals surface area contributed by atoms with E-state index < -0.39 is 5.91 Å². The van der Waals surface area contributed by atoms with Crippen molar-refractivity contribution in [2.24, 2.45) is 5.73 Å².